The minimum Gasteiger partial charge on any atom is -0.388 e. The molecule has 2 aromatic rings. The summed E-state index contributed by atoms with van der Waals surface area (Å²) in [7, 11) is 0. The van der Waals surface area contributed by atoms with Crippen molar-refractivity contribution in [1.29, 1.82) is 0 Å². The SMILES string of the molecule is NC[C@H](NC(=O)c1ccc(C#CC#Cc2ccc(NC(=O)CN3CCOCC3)cc2)cc1)C(=O)CO. The smallest absolute Gasteiger partial charge is 0.251 e. The molecule has 186 valence electrons. The summed E-state index contributed by atoms with van der Waals surface area (Å²) in [4.78, 5) is 38.0. The second-order valence-electron chi connectivity index (χ2n) is 7.98. The molecule has 0 radical (unpaired) electrons. The van der Waals surface area contributed by atoms with Crippen LogP contribution in [0.25, 0.3) is 0 Å². The van der Waals surface area contributed by atoms with Crippen LogP contribution in [0.1, 0.15) is 21.5 Å². The van der Waals surface area contributed by atoms with Crippen molar-refractivity contribution in [3.05, 3.63) is 65.2 Å². The number of hydrogen-bond acceptors (Lipinski definition) is 7. The van der Waals surface area contributed by atoms with E-state index in [0.717, 1.165) is 18.7 Å². The molecule has 0 bridgehead atoms. The van der Waals surface area contributed by atoms with Gasteiger partial charge in [0.1, 0.15) is 12.6 Å². The van der Waals surface area contributed by atoms with E-state index < -0.39 is 24.3 Å². The number of aliphatic hydroxyl groups is 1. The van der Waals surface area contributed by atoms with Gasteiger partial charge in [0.2, 0.25) is 5.91 Å². The highest BCUT2D eigenvalue weighted by molar-refractivity contribution is 5.98. The first-order valence-corrected chi connectivity index (χ1v) is 11.4. The first-order chi connectivity index (χ1) is 17.5. The van der Waals surface area contributed by atoms with Crippen molar-refractivity contribution < 1.29 is 24.2 Å². The summed E-state index contributed by atoms with van der Waals surface area (Å²) >= 11 is 0. The number of anilines is 1. The molecule has 2 aromatic carbocycles. The van der Waals surface area contributed by atoms with Gasteiger partial charge in [0.15, 0.2) is 5.78 Å². The highest BCUT2D eigenvalue weighted by Crippen LogP contribution is 2.09. The van der Waals surface area contributed by atoms with Crippen molar-refractivity contribution in [3.63, 3.8) is 0 Å². The predicted molar refractivity (Wildman–Crippen MR) is 135 cm³/mol. The summed E-state index contributed by atoms with van der Waals surface area (Å²) in [5, 5.41) is 14.3. The molecule has 1 aliphatic heterocycles. The van der Waals surface area contributed by atoms with Crippen LogP contribution >= 0.6 is 0 Å². The van der Waals surface area contributed by atoms with E-state index in [1.807, 2.05) is 12.1 Å². The first-order valence-electron chi connectivity index (χ1n) is 11.4. The van der Waals surface area contributed by atoms with Crippen LogP contribution in [0, 0.1) is 23.7 Å². The highest BCUT2D eigenvalue weighted by atomic mass is 16.5. The van der Waals surface area contributed by atoms with Gasteiger partial charge in [-0.3, -0.25) is 19.3 Å². The maximum absolute atomic E-state index is 12.2. The van der Waals surface area contributed by atoms with Gasteiger partial charge in [-0.1, -0.05) is 11.8 Å². The van der Waals surface area contributed by atoms with E-state index in [4.69, 9.17) is 15.6 Å². The van der Waals surface area contributed by atoms with Gasteiger partial charge in [0.05, 0.1) is 19.8 Å². The van der Waals surface area contributed by atoms with Gasteiger partial charge >= 0.3 is 0 Å². The maximum Gasteiger partial charge on any atom is 0.251 e. The Morgan fingerprint density at radius 3 is 2.11 bits per heavy atom. The Kier molecular flexibility index (Phi) is 10.2. The molecule has 9 nitrogen and oxygen atoms in total. The zero-order chi connectivity index (χ0) is 25.8. The molecule has 1 atom stereocenters. The first kappa shape index (κ1) is 26.6. The second kappa shape index (κ2) is 13.8. The van der Waals surface area contributed by atoms with Gasteiger partial charge in [-0.2, -0.15) is 0 Å². The maximum atomic E-state index is 12.2. The summed E-state index contributed by atoms with van der Waals surface area (Å²) in [5.41, 5.74) is 7.94. The van der Waals surface area contributed by atoms with Gasteiger partial charge in [0, 0.05) is 42.0 Å². The van der Waals surface area contributed by atoms with E-state index in [9.17, 15) is 14.4 Å². The Balaban J connectivity index is 1.50. The zero-order valence-electron chi connectivity index (χ0n) is 19.8. The third-order valence-electron chi connectivity index (χ3n) is 5.35. The number of benzene rings is 2. The number of nitrogens with two attached hydrogens (primary N) is 1. The predicted octanol–water partition coefficient (Wildman–Crippen LogP) is -0.0210. The Morgan fingerprint density at radius 2 is 1.56 bits per heavy atom. The van der Waals surface area contributed by atoms with Crippen molar-refractivity contribution >= 4 is 23.3 Å². The summed E-state index contributed by atoms with van der Waals surface area (Å²) in [6, 6.07) is 12.8. The third kappa shape index (κ3) is 8.35. The number of morpholine rings is 1. The standard InChI is InChI=1S/C27H28N4O5/c28-17-24(25(33)19-32)30-27(35)22-9-5-20(6-10-22)3-1-2-4-21-7-11-23(12-8-21)29-26(34)18-31-13-15-36-16-14-31/h5-12,24,32H,13-19,28H2,(H,29,34)(H,30,35)/t24-/m0/s1. The summed E-state index contributed by atoms with van der Waals surface area (Å²) < 4.78 is 5.29. The molecule has 3 rings (SSSR count). The molecular weight excluding hydrogens is 460 g/mol. The Bertz CT molecular complexity index is 1180. The number of nitrogens with one attached hydrogen (secondary N) is 2. The molecule has 0 aromatic heterocycles. The van der Waals surface area contributed by atoms with Gasteiger partial charge in [-0.25, -0.2) is 0 Å². The average Bonchev–Trinajstić information content (AvgIpc) is 2.91. The van der Waals surface area contributed by atoms with Crippen LogP contribution in [0.3, 0.4) is 0 Å². The molecule has 0 saturated carbocycles. The number of nitrogens with zero attached hydrogens (tertiary/aromatic N) is 1. The Hall–Kier alpha value is -3.99. The fourth-order valence-electron chi connectivity index (χ4n) is 3.33. The van der Waals surface area contributed by atoms with Gasteiger partial charge < -0.3 is 26.2 Å². The minimum atomic E-state index is -0.933. The van der Waals surface area contributed by atoms with Crippen molar-refractivity contribution in [2.24, 2.45) is 5.73 Å². The molecule has 5 N–H and O–H groups in total. The van der Waals surface area contributed by atoms with Crippen molar-refractivity contribution in [3.8, 4) is 23.7 Å². The van der Waals surface area contributed by atoms with Gasteiger partial charge in [-0.15, -0.1) is 0 Å². The Labute approximate surface area is 210 Å². The van der Waals surface area contributed by atoms with Crippen LogP contribution in [0.4, 0.5) is 5.69 Å². The van der Waals surface area contributed by atoms with Crippen molar-refractivity contribution in [2.75, 3.05) is 51.3 Å². The highest BCUT2D eigenvalue weighted by Gasteiger charge is 2.19. The molecule has 1 saturated heterocycles. The lowest BCUT2D eigenvalue weighted by molar-refractivity contribution is -0.123. The Morgan fingerprint density at radius 1 is 0.972 bits per heavy atom. The number of ketones is 1. The fraction of sp³-hybridized carbons (Fsp3) is 0.296. The molecule has 1 heterocycles. The monoisotopic (exact) mass is 488 g/mol. The molecule has 0 spiro atoms. The van der Waals surface area contributed by atoms with Crippen LogP contribution in [0.2, 0.25) is 0 Å². The number of carbonyl (C=O) groups is 3. The van der Waals surface area contributed by atoms with Crippen molar-refractivity contribution in [2.45, 2.75) is 6.04 Å². The minimum absolute atomic E-state index is 0.0667. The second-order valence-corrected chi connectivity index (χ2v) is 7.98. The van der Waals surface area contributed by atoms with Crippen LogP contribution in [0.15, 0.2) is 48.5 Å². The number of carbonyl (C=O) groups excluding carboxylic acids is 3. The third-order valence-corrected chi connectivity index (χ3v) is 5.35. The van der Waals surface area contributed by atoms with Gasteiger partial charge in [0.25, 0.3) is 5.91 Å². The molecule has 2 amide bonds. The van der Waals surface area contributed by atoms with Crippen LogP contribution in [-0.4, -0.2) is 79.6 Å². The number of hydrogen-bond donors (Lipinski definition) is 4. The normalized spacial score (nSPS) is 13.8. The van der Waals surface area contributed by atoms with Crippen LogP contribution in [0.5, 0.6) is 0 Å². The van der Waals surface area contributed by atoms with E-state index >= 15 is 0 Å². The fourth-order valence-corrected chi connectivity index (χ4v) is 3.33. The molecule has 1 aliphatic rings. The summed E-state index contributed by atoms with van der Waals surface area (Å²) in [5.74, 6) is 10.3. The topological polar surface area (TPSA) is 134 Å². The van der Waals surface area contributed by atoms with Gasteiger partial charge in [-0.05, 0) is 60.4 Å². The molecule has 0 unspecified atom stereocenters. The van der Waals surface area contributed by atoms with E-state index in [0.29, 0.717) is 36.6 Å². The quantitative estimate of drug-likeness (QED) is 0.384. The molecule has 0 aliphatic carbocycles. The lowest BCUT2D eigenvalue weighted by atomic mass is 10.1. The summed E-state index contributed by atoms with van der Waals surface area (Å²) in [6.07, 6.45) is 0. The number of aliphatic hydroxyl groups excluding tert-OH is 1. The van der Waals surface area contributed by atoms with Crippen LogP contribution < -0.4 is 16.4 Å². The number of Topliss-reactive ketones (excluding diaryl/α,β-unsaturated/α-hetero) is 1. The lowest BCUT2D eigenvalue weighted by Crippen LogP contribution is -2.46. The lowest BCUT2D eigenvalue weighted by Gasteiger charge is -2.25. The average molecular weight is 489 g/mol. The van der Waals surface area contributed by atoms with Crippen LogP contribution in [-0.2, 0) is 14.3 Å². The van der Waals surface area contributed by atoms with E-state index in [1.54, 1.807) is 36.4 Å². The number of amides is 2. The molecule has 9 heteroatoms. The molecule has 36 heavy (non-hydrogen) atoms. The number of ether oxygens (including phenoxy) is 1. The number of rotatable bonds is 8. The van der Waals surface area contributed by atoms with E-state index in [2.05, 4.69) is 39.2 Å². The van der Waals surface area contributed by atoms with Crippen molar-refractivity contribution in [1.82, 2.24) is 10.2 Å². The molecular formula is C27H28N4O5. The zero-order valence-corrected chi connectivity index (χ0v) is 19.8. The van der Waals surface area contributed by atoms with E-state index in [1.165, 1.54) is 0 Å². The summed E-state index contributed by atoms with van der Waals surface area (Å²) in [6.45, 7) is 2.36. The largest absolute Gasteiger partial charge is 0.388 e. The molecule has 1 fully saturated rings. The van der Waals surface area contributed by atoms with E-state index in [-0.39, 0.29) is 12.5 Å².